The smallest absolute Gasteiger partial charge is 0.256 e. The third-order valence-electron chi connectivity index (χ3n) is 5.03. The molecule has 0 radical (unpaired) electrons. The van der Waals surface area contributed by atoms with Crippen LogP contribution < -0.4 is 0 Å². The number of para-hydroxylation sites is 1. The standard InChI is InChI=1S/C20H24N4O2/c1-4-23-12-16(15-7-5-6-8-17(15)23)20(25)24-9-10-26-18(13-24)19-21-14(2)11-22(19)3/h5-8,11-12,18H,4,9-10,13H2,1-3H3/t18-/m1/s1. The van der Waals surface area contributed by atoms with Gasteiger partial charge in [-0.2, -0.15) is 0 Å². The maximum Gasteiger partial charge on any atom is 0.256 e. The molecule has 1 atom stereocenters. The summed E-state index contributed by atoms with van der Waals surface area (Å²) in [6.45, 7) is 6.55. The maximum absolute atomic E-state index is 13.2. The molecule has 0 unspecified atom stereocenters. The van der Waals surface area contributed by atoms with Crippen LogP contribution in [0.1, 0.15) is 34.9 Å². The molecule has 1 amide bonds. The summed E-state index contributed by atoms with van der Waals surface area (Å²) in [5, 5.41) is 1.01. The van der Waals surface area contributed by atoms with Gasteiger partial charge in [-0.15, -0.1) is 0 Å². The van der Waals surface area contributed by atoms with Crippen LogP contribution in [-0.2, 0) is 18.3 Å². The highest BCUT2D eigenvalue weighted by molar-refractivity contribution is 6.07. The molecule has 0 saturated carbocycles. The Balaban J connectivity index is 1.63. The first-order valence-electron chi connectivity index (χ1n) is 9.07. The average Bonchev–Trinajstić information content (AvgIpc) is 3.20. The van der Waals surface area contributed by atoms with Gasteiger partial charge >= 0.3 is 0 Å². The SMILES string of the molecule is CCn1cc(C(=O)N2CCO[C@@H](c3nc(C)cn3C)C2)c2ccccc21. The fourth-order valence-electron chi connectivity index (χ4n) is 3.77. The first-order valence-corrected chi connectivity index (χ1v) is 9.07. The summed E-state index contributed by atoms with van der Waals surface area (Å²) in [6.07, 6.45) is 3.77. The second-order valence-electron chi connectivity index (χ2n) is 6.81. The van der Waals surface area contributed by atoms with Crippen LogP contribution in [0, 0.1) is 6.92 Å². The van der Waals surface area contributed by atoms with Gasteiger partial charge in [0.2, 0.25) is 0 Å². The van der Waals surface area contributed by atoms with Gasteiger partial charge in [-0.3, -0.25) is 4.79 Å². The van der Waals surface area contributed by atoms with Crippen LogP contribution >= 0.6 is 0 Å². The molecule has 0 spiro atoms. The highest BCUT2D eigenvalue weighted by Gasteiger charge is 2.30. The van der Waals surface area contributed by atoms with E-state index in [1.54, 1.807) is 0 Å². The summed E-state index contributed by atoms with van der Waals surface area (Å²) >= 11 is 0. The number of morpholine rings is 1. The fraction of sp³-hybridized carbons (Fsp3) is 0.400. The van der Waals surface area contributed by atoms with Crippen LogP contribution in [0.15, 0.2) is 36.7 Å². The lowest BCUT2D eigenvalue weighted by Gasteiger charge is -2.32. The summed E-state index contributed by atoms with van der Waals surface area (Å²) in [7, 11) is 1.97. The summed E-state index contributed by atoms with van der Waals surface area (Å²) in [4.78, 5) is 19.7. The lowest BCUT2D eigenvalue weighted by Crippen LogP contribution is -2.42. The number of aryl methyl sites for hydroxylation is 3. The molecule has 26 heavy (non-hydrogen) atoms. The molecule has 1 aliphatic rings. The van der Waals surface area contributed by atoms with Crippen molar-refractivity contribution in [3.8, 4) is 0 Å². The molecule has 0 aliphatic carbocycles. The number of amides is 1. The Labute approximate surface area is 153 Å². The van der Waals surface area contributed by atoms with Gasteiger partial charge < -0.3 is 18.8 Å². The molecule has 4 rings (SSSR count). The zero-order valence-corrected chi connectivity index (χ0v) is 15.5. The number of hydrogen-bond acceptors (Lipinski definition) is 3. The number of nitrogens with zero attached hydrogens (tertiary/aromatic N) is 4. The molecule has 136 valence electrons. The monoisotopic (exact) mass is 352 g/mol. The maximum atomic E-state index is 13.2. The minimum absolute atomic E-state index is 0.0626. The van der Waals surface area contributed by atoms with Crippen LogP contribution in [-0.4, -0.2) is 44.6 Å². The summed E-state index contributed by atoms with van der Waals surface area (Å²) < 4.78 is 10.0. The van der Waals surface area contributed by atoms with Crippen LogP contribution in [0.3, 0.4) is 0 Å². The van der Waals surface area contributed by atoms with Crippen molar-refractivity contribution in [2.75, 3.05) is 19.7 Å². The number of carbonyl (C=O) groups excluding carboxylic acids is 1. The molecule has 1 aliphatic heterocycles. The third kappa shape index (κ3) is 2.80. The average molecular weight is 352 g/mol. The van der Waals surface area contributed by atoms with Crippen LogP contribution in [0.2, 0.25) is 0 Å². The van der Waals surface area contributed by atoms with Crippen LogP contribution in [0.4, 0.5) is 0 Å². The second-order valence-corrected chi connectivity index (χ2v) is 6.81. The van der Waals surface area contributed by atoms with Gasteiger partial charge in [0.25, 0.3) is 5.91 Å². The van der Waals surface area contributed by atoms with Gasteiger partial charge in [0, 0.05) is 43.4 Å². The molecule has 6 nitrogen and oxygen atoms in total. The number of carbonyl (C=O) groups is 1. The fourth-order valence-corrected chi connectivity index (χ4v) is 3.77. The van der Waals surface area contributed by atoms with Crippen molar-refractivity contribution >= 4 is 16.8 Å². The van der Waals surface area contributed by atoms with Crippen molar-refractivity contribution in [3.63, 3.8) is 0 Å². The largest absolute Gasteiger partial charge is 0.367 e. The Hall–Kier alpha value is -2.60. The molecule has 2 aromatic heterocycles. The predicted molar refractivity (Wildman–Crippen MR) is 100 cm³/mol. The molecule has 1 aromatic carbocycles. The number of hydrogen-bond donors (Lipinski definition) is 0. The van der Waals surface area contributed by atoms with Crippen molar-refractivity contribution < 1.29 is 9.53 Å². The molecular formula is C20H24N4O2. The first kappa shape index (κ1) is 16.8. The Morgan fingerprint density at radius 2 is 2.12 bits per heavy atom. The minimum atomic E-state index is -0.189. The van der Waals surface area contributed by atoms with Crippen molar-refractivity contribution in [2.24, 2.45) is 7.05 Å². The molecular weight excluding hydrogens is 328 g/mol. The van der Waals surface area contributed by atoms with E-state index < -0.39 is 0 Å². The van der Waals surface area contributed by atoms with E-state index in [1.165, 1.54) is 0 Å². The van der Waals surface area contributed by atoms with E-state index in [0.29, 0.717) is 19.7 Å². The van der Waals surface area contributed by atoms with Gasteiger partial charge in [0.1, 0.15) is 11.9 Å². The Morgan fingerprint density at radius 1 is 1.31 bits per heavy atom. The topological polar surface area (TPSA) is 52.3 Å². The highest BCUT2D eigenvalue weighted by Crippen LogP contribution is 2.26. The van der Waals surface area contributed by atoms with Gasteiger partial charge in [-0.05, 0) is 19.9 Å². The first-order chi connectivity index (χ1) is 12.6. The summed E-state index contributed by atoms with van der Waals surface area (Å²) in [5.41, 5.74) is 2.82. The molecule has 1 fully saturated rings. The van der Waals surface area contributed by atoms with Crippen LogP contribution in [0.5, 0.6) is 0 Å². The van der Waals surface area contributed by atoms with E-state index in [2.05, 4.69) is 22.5 Å². The Kier molecular flexibility index (Phi) is 4.28. The van der Waals surface area contributed by atoms with Gasteiger partial charge in [-0.25, -0.2) is 4.98 Å². The van der Waals surface area contributed by atoms with Gasteiger partial charge in [0.15, 0.2) is 0 Å². The molecule has 3 heterocycles. The molecule has 6 heteroatoms. The van der Waals surface area contributed by atoms with E-state index in [9.17, 15) is 4.79 Å². The zero-order chi connectivity index (χ0) is 18.3. The zero-order valence-electron chi connectivity index (χ0n) is 15.5. The Bertz CT molecular complexity index is 956. The molecule has 0 bridgehead atoms. The quantitative estimate of drug-likeness (QED) is 0.728. The molecule has 0 N–H and O–H groups in total. The predicted octanol–water partition coefficient (Wildman–Crippen LogP) is 2.92. The van der Waals surface area contributed by atoms with E-state index in [0.717, 1.165) is 34.5 Å². The van der Waals surface area contributed by atoms with E-state index in [1.807, 2.05) is 54.0 Å². The van der Waals surface area contributed by atoms with E-state index >= 15 is 0 Å². The lowest BCUT2D eigenvalue weighted by atomic mass is 10.1. The number of benzene rings is 1. The normalized spacial score (nSPS) is 17.8. The number of imidazole rings is 1. The summed E-state index contributed by atoms with van der Waals surface area (Å²) in [5.74, 6) is 0.934. The molecule has 1 saturated heterocycles. The van der Waals surface area contributed by atoms with Crippen molar-refractivity contribution in [2.45, 2.75) is 26.5 Å². The van der Waals surface area contributed by atoms with Crippen molar-refractivity contribution in [1.82, 2.24) is 19.0 Å². The van der Waals surface area contributed by atoms with E-state index in [-0.39, 0.29) is 12.0 Å². The minimum Gasteiger partial charge on any atom is -0.367 e. The number of rotatable bonds is 3. The highest BCUT2D eigenvalue weighted by atomic mass is 16.5. The summed E-state index contributed by atoms with van der Waals surface area (Å²) in [6, 6.07) is 8.08. The second kappa shape index (κ2) is 6.61. The lowest BCUT2D eigenvalue weighted by molar-refractivity contribution is -0.0278. The van der Waals surface area contributed by atoms with Crippen LogP contribution in [0.25, 0.3) is 10.9 Å². The molecule has 3 aromatic rings. The Morgan fingerprint density at radius 3 is 2.85 bits per heavy atom. The number of fused-ring (bicyclic) bond motifs is 1. The van der Waals surface area contributed by atoms with Crippen molar-refractivity contribution in [1.29, 1.82) is 0 Å². The van der Waals surface area contributed by atoms with Gasteiger partial charge in [0.05, 0.1) is 24.4 Å². The van der Waals surface area contributed by atoms with Crippen molar-refractivity contribution in [3.05, 3.63) is 53.7 Å². The third-order valence-corrected chi connectivity index (χ3v) is 5.03. The van der Waals surface area contributed by atoms with E-state index in [4.69, 9.17) is 4.74 Å². The van der Waals surface area contributed by atoms with Gasteiger partial charge in [-0.1, -0.05) is 18.2 Å². The number of aromatic nitrogens is 3. The number of ether oxygens (including phenoxy) is 1.